The maximum Gasteiger partial charge on any atom is 0.126 e. The average Bonchev–Trinajstić information content (AvgIpc) is 3.06. The second-order valence-electron chi connectivity index (χ2n) is 6.54. The number of fused-ring (bicyclic) bond motifs is 2. The number of benzene rings is 1. The van der Waals surface area contributed by atoms with Crippen molar-refractivity contribution < 1.29 is 4.74 Å². The van der Waals surface area contributed by atoms with Gasteiger partial charge in [0, 0.05) is 31.6 Å². The van der Waals surface area contributed by atoms with Gasteiger partial charge in [-0.3, -0.25) is 9.88 Å². The molecular formula is C20H24N4O. The van der Waals surface area contributed by atoms with Gasteiger partial charge in [0.25, 0.3) is 0 Å². The quantitative estimate of drug-likeness (QED) is 0.715. The average molecular weight is 336 g/mol. The molecule has 2 aromatic heterocycles. The Morgan fingerprint density at radius 1 is 1.16 bits per heavy atom. The van der Waals surface area contributed by atoms with Crippen molar-refractivity contribution in [3.8, 4) is 0 Å². The molecule has 1 aromatic carbocycles. The Bertz CT molecular complexity index is 873. The predicted molar refractivity (Wildman–Crippen MR) is 98.1 cm³/mol. The Balaban J connectivity index is 1.52. The van der Waals surface area contributed by atoms with E-state index in [0.717, 1.165) is 43.3 Å². The van der Waals surface area contributed by atoms with Crippen LogP contribution in [0.25, 0.3) is 10.9 Å². The van der Waals surface area contributed by atoms with E-state index in [1.165, 1.54) is 11.1 Å². The van der Waals surface area contributed by atoms with Crippen LogP contribution in [0.15, 0.2) is 42.6 Å². The summed E-state index contributed by atoms with van der Waals surface area (Å²) in [5.41, 5.74) is 3.34. The second kappa shape index (κ2) is 6.94. The van der Waals surface area contributed by atoms with Gasteiger partial charge in [-0.15, -0.1) is 0 Å². The van der Waals surface area contributed by atoms with E-state index in [4.69, 9.17) is 9.72 Å². The summed E-state index contributed by atoms with van der Waals surface area (Å²) in [5.74, 6) is 1.13. The van der Waals surface area contributed by atoms with Crippen LogP contribution in [0, 0.1) is 0 Å². The highest BCUT2D eigenvalue weighted by molar-refractivity contribution is 5.78. The minimum absolute atomic E-state index is 0.275. The normalized spacial score (nSPS) is 17.8. The topological polar surface area (TPSA) is 43.2 Å². The fourth-order valence-corrected chi connectivity index (χ4v) is 3.55. The van der Waals surface area contributed by atoms with Gasteiger partial charge in [-0.05, 0) is 26.0 Å². The number of hydrogen-bond donors (Lipinski definition) is 0. The van der Waals surface area contributed by atoms with E-state index in [1.807, 2.05) is 19.2 Å². The highest BCUT2D eigenvalue weighted by atomic mass is 16.5. The first kappa shape index (κ1) is 16.2. The molecule has 5 nitrogen and oxygen atoms in total. The van der Waals surface area contributed by atoms with Crippen molar-refractivity contribution in [1.82, 2.24) is 19.4 Å². The number of rotatable bonds is 5. The van der Waals surface area contributed by atoms with Crippen LogP contribution >= 0.6 is 0 Å². The van der Waals surface area contributed by atoms with Crippen molar-refractivity contribution in [2.45, 2.75) is 39.6 Å². The lowest BCUT2D eigenvalue weighted by Crippen LogP contribution is -2.37. The molecular weight excluding hydrogens is 312 g/mol. The number of nitrogens with zero attached hydrogens (tertiary/aromatic N) is 4. The molecule has 0 aliphatic carbocycles. The smallest absolute Gasteiger partial charge is 0.126 e. The van der Waals surface area contributed by atoms with Gasteiger partial charge in [0.15, 0.2) is 0 Å². The fourth-order valence-electron chi connectivity index (χ4n) is 3.55. The zero-order chi connectivity index (χ0) is 17.2. The Kier molecular flexibility index (Phi) is 4.51. The number of ether oxygens (including phenoxy) is 1. The Hall–Kier alpha value is -2.24. The molecule has 0 saturated heterocycles. The van der Waals surface area contributed by atoms with Crippen LogP contribution < -0.4 is 0 Å². The van der Waals surface area contributed by atoms with Crippen LogP contribution in [-0.2, 0) is 24.4 Å². The van der Waals surface area contributed by atoms with Crippen LogP contribution in [0.4, 0.5) is 0 Å². The molecule has 3 aromatic rings. The molecule has 1 atom stereocenters. The van der Waals surface area contributed by atoms with E-state index < -0.39 is 0 Å². The van der Waals surface area contributed by atoms with Crippen LogP contribution in [0.1, 0.15) is 37.1 Å². The summed E-state index contributed by atoms with van der Waals surface area (Å²) in [6.45, 7) is 8.42. The molecule has 0 radical (unpaired) electrons. The minimum Gasteiger partial charge on any atom is -0.375 e. The molecule has 0 unspecified atom stereocenters. The maximum atomic E-state index is 5.56. The van der Waals surface area contributed by atoms with Crippen molar-refractivity contribution in [2.24, 2.45) is 0 Å². The zero-order valence-electron chi connectivity index (χ0n) is 14.9. The molecule has 4 rings (SSSR count). The molecule has 1 aliphatic rings. The number of hydrogen-bond acceptors (Lipinski definition) is 4. The first-order valence-corrected chi connectivity index (χ1v) is 8.97. The molecule has 130 valence electrons. The summed E-state index contributed by atoms with van der Waals surface area (Å²) in [6, 6.07) is 12.8. The lowest BCUT2D eigenvalue weighted by Gasteiger charge is -2.34. The van der Waals surface area contributed by atoms with Gasteiger partial charge in [-0.2, -0.15) is 0 Å². The third-order valence-corrected chi connectivity index (χ3v) is 4.98. The van der Waals surface area contributed by atoms with Gasteiger partial charge < -0.3 is 9.30 Å². The Morgan fingerprint density at radius 3 is 2.92 bits per heavy atom. The molecule has 1 aliphatic heterocycles. The lowest BCUT2D eigenvalue weighted by molar-refractivity contribution is 0.119. The third-order valence-electron chi connectivity index (χ3n) is 4.98. The van der Waals surface area contributed by atoms with Crippen LogP contribution in [-0.4, -0.2) is 32.6 Å². The highest BCUT2D eigenvalue weighted by Gasteiger charge is 2.27. The molecule has 3 heterocycles. The number of pyridine rings is 1. The van der Waals surface area contributed by atoms with E-state index in [-0.39, 0.29) is 6.04 Å². The fraction of sp³-hybridized carbons (Fsp3) is 0.400. The standard InChI is InChI=1S/C20H24N4O/c1-3-25-14-18-12-21-20-15(2)23(10-11-24(18)20)13-17-9-8-16-6-4-5-7-19(16)22-17/h4-9,12,15H,3,10-11,13-14H2,1-2H3/t15-/m1/s1. The third kappa shape index (κ3) is 3.17. The molecule has 0 amide bonds. The summed E-state index contributed by atoms with van der Waals surface area (Å²) < 4.78 is 7.87. The van der Waals surface area contributed by atoms with Crippen molar-refractivity contribution in [3.05, 3.63) is 59.8 Å². The Morgan fingerprint density at radius 2 is 2.04 bits per heavy atom. The minimum atomic E-state index is 0.275. The van der Waals surface area contributed by atoms with Gasteiger partial charge in [-0.25, -0.2) is 4.98 Å². The van der Waals surface area contributed by atoms with Gasteiger partial charge in [-0.1, -0.05) is 24.3 Å². The SMILES string of the molecule is CCOCc1cnc2n1CCN(Cc1ccc3ccccc3n1)[C@@H]2C. The predicted octanol–water partition coefficient (Wildman–Crippen LogP) is 3.54. The van der Waals surface area contributed by atoms with Gasteiger partial charge in [0.05, 0.1) is 35.8 Å². The lowest BCUT2D eigenvalue weighted by atomic mass is 10.1. The molecule has 0 saturated carbocycles. The summed E-state index contributed by atoms with van der Waals surface area (Å²) in [6.07, 6.45) is 1.96. The van der Waals surface area contributed by atoms with Gasteiger partial charge in [0.2, 0.25) is 0 Å². The Labute approximate surface area is 148 Å². The summed E-state index contributed by atoms with van der Waals surface area (Å²) in [4.78, 5) is 11.9. The van der Waals surface area contributed by atoms with E-state index in [2.05, 4.69) is 51.7 Å². The van der Waals surface area contributed by atoms with Crippen LogP contribution in [0.5, 0.6) is 0 Å². The maximum absolute atomic E-state index is 5.56. The highest BCUT2D eigenvalue weighted by Crippen LogP contribution is 2.27. The van der Waals surface area contributed by atoms with E-state index in [9.17, 15) is 0 Å². The summed E-state index contributed by atoms with van der Waals surface area (Å²) in [7, 11) is 0. The van der Waals surface area contributed by atoms with Gasteiger partial charge in [0.1, 0.15) is 5.82 Å². The van der Waals surface area contributed by atoms with Crippen molar-refractivity contribution in [1.29, 1.82) is 0 Å². The van der Waals surface area contributed by atoms with Crippen molar-refractivity contribution in [2.75, 3.05) is 13.2 Å². The monoisotopic (exact) mass is 336 g/mol. The molecule has 0 N–H and O–H groups in total. The van der Waals surface area contributed by atoms with Crippen LogP contribution in [0.3, 0.4) is 0 Å². The van der Waals surface area contributed by atoms with E-state index in [0.29, 0.717) is 6.61 Å². The first-order chi connectivity index (χ1) is 12.3. The van der Waals surface area contributed by atoms with E-state index >= 15 is 0 Å². The molecule has 0 fully saturated rings. The van der Waals surface area contributed by atoms with Crippen LogP contribution in [0.2, 0.25) is 0 Å². The summed E-state index contributed by atoms with van der Waals surface area (Å²) in [5, 5.41) is 1.19. The van der Waals surface area contributed by atoms with Gasteiger partial charge >= 0.3 is 0 Å². The zero-order valence-corrected chi connectivity index (χ0v) is 14.9. The number of imidazole rings is 1. The number of para-hydroxylation sites is 1. The molecule has 5 heteroatoms. The summed E-state index contributed by atoms with van der Waals surface area (Å²) >= 11 is 0. The molecule has 0 bridgehead atoms. The second-order valence-corrected chi connectivity index (χ2v) is 6.54. The largest absolute Gasteiger partial charge is 0.375 e. The molecule has 25 heavy (non-hydrogen) atoms. The number of aromatic nitrogens is 3. The molecule has 0 spiro atoms. The van der Waals surface area contributed by atoms with Crippen molar-refractivity contribution in [3.63, 3.8) is 0 Å². The van der Waals surface area contributed by atoms with Crippen molar-refractivity contribution >= 4 is 10.9 Å². The first-order valence-electron chi connectivity index (χ1n) is 8.97. The van der Waals surface area contributed by atoms with E-state index in [1.54, 1.807) is 0 Å².